The molecule has 0 amide bonds. The number of hydrogen-bond acceptors (Lipinski definition) is 2. The summed E-state index contributed by atoms with van der Waals surface area (Å²) in [5, 5.41) is 0. The minimum Gasteiger partial charge on any atom is -0.323 e. The molecule has 4 unspecified atom stereocenters. The summed E-state index contributed by atoms with van der Waals surface area (Å²) < 4.78 is 0. The number of hydrogen-bond donors (Lipinski definition) is 1. The molecule has 1 aromatic carbocycles. The fourth-order valence-electron chi connectivity index (χ4n) is 3.78. The summed E-state index contributed by atoms with van der Waals surface area (Å²) in [4.78, 5) is 2.62. The first-order valence-electron chi connectivity index (χ1n) is 7.30. The molecule has 0 aromatic heterocycles. The molecular weight excluding hydrogens is 220 g/mol. The molecule has 1 saturated heterocycles. The highest BCUT2D eigenvalue weighted by atomic mass is 15.2. The van der Waals surface area contributed by atoms with E-state index in [1.165, 1.54) is 37.9 Å². The monoisotopic (exact) mass is 244 g/mol. The van der Waals surface area contributed by atoms with Crippen LogP contribution in [0.15, 0.2) is 30.3 Å². The topological polar surface area (TPSA) is 29.3 Å². The van der Waals surface area contributed by atoms with E-state index in [1.54, 1.807) is 0 Å². The van der Waals surface area contributed by atoms with Gasteiger partial charge in [-0.05, 0) is 37.2 Å². The summed E-state index contributed by atoms with van der Waals surface area (Å²) in [6.07, 6.45) is 4.32. The number of fused-ring (bicyclic) bond motifs is 1. The van der Waals surface area contributed by atoms with Crippen LogP contribution in [0.5, 0.6) is 0 Å². The van der Waals surface area contributed by atoms with E-state index >= 15 is 0 Å². The van der Waals surface area contributed by atoms with Gasteiger partial charge in [-0.3, -0.25) is 4.90 Å². The summed E-state index contributed by atoms with van der Waals surface area (Å²) in [6, 6.07) is 11.1. The average molecular weight is 244 g/mol. The van der Waals surface area contributed by atoms with Crippen LogP contribution >= 0.6 is 0 Å². The Balaban J connectivity index is 1.66. The van der Waals surface area contributed by atoms with E-state index in [1.807, 2.05) is 0 Å². The lowest BCUT2D eigenvalue weighted by Gasteiger charge is -2.30. The van der Waals surface area contributed by atoms with Crippen LogP contribution in [0.1, 0.15) is 37.8 Å². The maximum Gasteiger partial charge on any atom is 0.0450 e. The Hall–Kier alpha value is -0.860. The molecule has 1 heterocycles. The normalized spacial score (nSPS) is 31.2. The van der Waals surface area contributed by atoms with E-state index in [4.69, 9.17) is 5.73 Å². The molecule has 0 spiro atoms. The number of rotatable bonds is 3. The van der Waals surface area contributed by atoms with Gasteiger partial charge in [-0.15, -0.1) is 0 Å². The maximum atomic E-state index is 6.43. The van der Waals surface area contributed by atoms with Crippen molar-refractivity contribution in [2.75, 3.05) is 13.1 Å². The summed E-state index contributed by atoms with van der Waals surface area (Å²) in [5.41, 5.74) is 7.69. The van der Waals surface area contributed by atoms with Crippen molar-refractivity contribution in [3.8, 4) is 0 Å². The molecule has 0 bridgehead atoms. The number of nitrogens with two attached hydrogens (primary N) is 1. The van der Waals surface area contributed by atoms with Gasteiger partial charge in [0.25, 0.3) is 0 Å². The van der Waals surface area contributed by atoms with Gasteiger partial charge in [0, 0.05) is 25.2 Å². The van der Waals surface area contributed by atoms with Crippen LogP contribution in [0.2, 0.25) is 0 Å². The minimum absolute atomic E-state index is 0.144. The second-order valence-corrected chi connectivity index (χ2v) is 6.08. The Morgan fingerprint density at radius 1 is 1.11 bits per heavy atom. The van der Waals surface area contributed by atoms with Gasteiger partial charge in [-0.1, -0.05) is 36.8 Å². The smallest absolute Gasteiger partial charge is 0.0450 e. The minimum atomic E-state index is 0.144. The number of nitrogens with zero attached hydrogens (tertiary/aromatic N) is 1. The van der Waals surface area contributed by atoms with Crippen LogP contribution in [-0.2, 0) is 0 Å². The van der Waals surface area contributed by atoms with Gasteiger partial charge in [0.15, 0.2) is 0 Å². The molecule has 4 atom stereocenters. The molecule has 3 rings (SSSR count). The molecule has 2 nitrogen and oxygen atoms in total. The number of likely N-dealkylation sites (tertiary alicyclic amines) is 1. The average Bonchev–Trinajstić information content (AvgIpc) is 2.99. The van der Waals surface area contributed by atoms with Crippen LogP contribution in [0.25, 0.3) is 0 Å². The fraction of sp³-hybridized carbons (Fsp3) is 0.625. The molecule has 1 saturated carbocycles. The third kappa shape index (κ3) is 2.19. The molecule has 1 aromatic rings. The van der Waals surface area contributed by atoms with E-state index in [0.717, 1.165) is 11.8 Å². The van der Waals surface area contributed by atoms with Crippen molar-refractivity contribution in [3.63, 3.8) is 0 Å². The van der Waals surface area contributed by atoms with Crippen molar-refractivity contribution in [1.29, 1.82) is 0 Å². The van der Waals surface area contributed by atoms with Crippen molar-refractivity contribution >= 4 is 0 Å². The molecule has 2 aliphatic rings. The van der Waals surface area contributed by atoms with E-state index in [0.29, 0.717) is 6.04 Å². The van der Waals surface area contributed by atoms with E-state index in [-0.39, 0.29) is 6.04 Å². The first-order valence-corrected chi connectivity index (χ1v) is 7.30. The summed E-state index contributed by atoms with van der Waals surface area (Å²) >= 11 is 0. The molecule has 1 aliphatic heterocycles. The van der Waals surface area contributed by atoms with Crippen LogP contribution in [0, 0.1) is 11.8 Å². The Kier molecular flexibility index (Phi) is 3.40. The molecule has 2 fully saturated rings. The maximum absolute atomic E-state index is 6.43. The molecule has 98 valence electrons. The first kappa shape index (κ1) is 12.2. The second kappa shape index (κ2) is 5.02. The lowest BCUT2D eigenvalue weighted by molar-refractivity contribution is 0.211. The molecular formula is C16H24N2. The highest BCUT2D eigenvalue weighted by molar-refractivity contribution is 5.20. The number of benzene rings is 1. The standard InChI is InChI=1S/C16H24N2/c1-12(16(17)13-6-3-2-4-7-13)18-10-14-8-5-9-15(14)11-18/h2-4,6-7,12,14-16H,5,8-11,17H2,1H3. The highest BCUT2D eigenvalue weighted by Gasteiger charge is 2.38. The fourth-order valence-corrected chi connectivity index (χ4v) is 3.78. The zero-order valence-corrected chi connectivity index (χ0v) is 11.3. The molecule has 0 radical (unpaired) electrons. The lowest BCUT2D eigenvalue weighted by Crippen LogP contribution is -2.39. The third-order valence-electron chi connectivity index (χ3n) is 5.03. The third-order valence-corrected chi connectivity index (χ3v) is 5.03. The molecule has 1 aliphatic carbocycles. The molecule has 18 heavy (non-hydrogen) atoms. The van der Waals surface area contributed by atoms with Gasteiger partial charge in [0.05, 0.1) is 0 Å². The van der Waals surface area contributed by atoms with Crippen LogP contribution in [-0.4, -0.2) is 24.0 Å². The van der Waals surface area contributed by atoms with Gasteiger partial charge >= 0.3 is 0 Å². The van der Waals surface area contributed by atoms with E-state index in [9.17, 15) is 0 Å². The highest BCUT2D eigenvalue weighted by Crippen LogP contribution is 2.39. The predicted octanol–water partition coefficient (Wildman–Crippen LogP) is 2.81. The van der Waals surface area contributed by atoms with Crippen LogP contribution in [0.4, 0.5) is 0 Å². The summed E-state index contributed by atoms with van der Waals surface area (Å²) in [5.74, 6) is 1.91. The zero-order chi connectivity index (χ0) is 12.5. The van der Waals surface area contributed by atoms with Gasteiger partial charge in [0.2, 0.25) is 0 Å². The van der Waals surface area contributed by atoms with Crippen molar-refractivity contribution in [2.45, 2.75) is 38.3 Å². The zero-order valence-electron chi connectivity index (χ0n) is 11.3. The van der Waals surface area contributed by atoms with Crippen molar-refractivity contribution < 1.29 is 0 Å². The molecule has 2 N–H and O–H groups in total. The largest absolute Gasteiger partial charge is 0.323 e. The Morgan fingerprint density at radius 3 is 2.33 bits per heavy atom. The first-order chi connectivity index (χ1) is 8.75. The van der Waals surface area contributed by atoms with Gasteiger partial charge in [-0.25, -0.2) is 0 Å². The van der Waals surface area contributed by atoms with Gasteiger partial charge in [-0.2, -0.15) is 0 Å². The SMILES string of the molecule is CC(C(N)c1ccccc1)N1CC2CCCC2C1. The van der Waals surface area contributed by atoms with Crippen LogP contribution < -0.4 is 5.73 Å². The van der Waals surface area contributed by atoms with Crippen LogP contribution in [0.3, 0.4) is 0 Å². The van der Waals surface area contributed by atoms with Crippen molar-refractivity contribution in [1.82, 2.24) is 4.90 Å². The van der Waals surface area contributed by atoms with Gasteiger partial charge in [0.1, 0.15) is 0 Å². The Bertz CT molecular complexity index is 377. The molecule has 2 heteroatoms. The Morgan fingerprint density at radius 2 is 1.72 bits per heavy atom. The van der Waals surface area contributed by atoms with Crippen molar-refractivity contribution in [3.05, 3.63) is 35.9 Å². The van der Waals surface area contributed by atoms with E-state index in [2.05, 4.69) is 42.2 Å². The van der Waals surface area contributed by atoms with E-state index < -0.39 is 0 Å². The second-order valence-electron chi connectivity index (χ2n) is 6.08. The quantitative estimate of drug-likeness (QED) is 0.886. The predicted molar refractivity (Wildman–Crippen MR) is 75.2 cm³/mol. The van der Waals surface area contributed by atoms with Crippen molar-refractivity contribution in [2.24, 2.45) is 17.6 Å². The summed E-state index contributed by atoms with van der Waals surface area (Å²) in [7, 11) is 0. The summed E-state index contributed by atoms with van der Waals surface area (Å²) in [6.45, 7) is 4.83. The Labute approximate surface area is 110 Å². The van der Waals surface area contributed by atoms with Gasteiger partial charge < -0.3 is 5.73 Å². The lowest BCUT2D eigenvalue weighted by atomic mass is 10.0.